The standard InChI is InChI=1S/C19H19IN2O4S/c1-24-9-8-22-14-10-15(25-2)16(26-3)11-17(14)27-19(22)21-18(23)12-6-4-5-7-13(12)20/h4-7,10-11H,8-9H2,1-3H3. The Morgan fingerprint density at radius 1 is 1.15 bits per heavy atom. The molecule has 0 atom stereocenters. The Morgan fingerprint density at radius 3 is 2.52 bits per heavy atom. The second-order valence-corrected chi connectivity index (χ2v) is 7.77. The second kappa shape index (κ2) is 8.85. The zero-order valence-electron chi connectivity index (χ0n) is 15.2. The molecule has 8 heteroatoms. The van der Waals surface area contributed by atoms with Crippen LogP contribution < -0.4 is 14.3 Å². The van der Waals surface area contributed by atoms with Crippen molar-refractivity contribution < 1.29 is 19.0 Å². The maximum Gasteiger partial charge on any atom is 0.280 e. The van der Waals surface area contributed by atoms with E-state index in [9.17, 15) is 4.79 Å². The molecular formula is C19H19IN2O4S. The minimum Gasteiger partial charge on any atom is -0.493 e. The van der Waals surface area contributed by atoms with E-state index in [2.05, 4.69) is 27.6 Å². The molecule has 0 saturated heterocycles. The predicted molar refractivity (Wildman–Crippen MR) is 114 cm³/mol. The van der Waals surface area contributed by atoms with Crippen molar-refractivity contribution >= 4 is 50.1 Å². The number of ether oxygens (including phenoxy) is 3. The number of carbonyl (C=O) groups is 1. The molecule has 0 aliphatic heterocycles. The highest BCUT2D eigenvalue weighted by Gasteiger charge is 2.14. The number of nitrogens with zero attached hydrogens (tertiary/aromatic N) is 2. The summed E-state index contributed by atoms with van der Waals surface area (Å²) in [5, 5.41) is 0. The van der Waals surface area contributed by atoms with Gasteiger partial charge in [0.05, 0.1) is 36.6 Å². The smallest absolute Gasteiger partial charge is 0.280 e. The van der Waals surface area contributed by atoms with E-state index in [0.29, 0.717) is 35.0 Å². The summed E-state index contributed by atoms with van der Waals surface area (Å²) in [6.07, 6.45) is 0. The molecular weight excluding hydrogens is 479 g/mol. The van der Waals surface area contributed by atoms with Crippen molar-refractivity contribution in [2.24, 2.45) is 4.99 Å². The summed E-state index contributed by atoms with van der Waals surface area (Å²) < 4.78 is 19.8. The van der Waals surface area contributed by atoms with Crippen molar-refractivity contribution in [3.8, 4) is 11.5 Å². The zero-order valence-corrected chi connectivity index (χ0v) is 18.2. The first-order valence-corrected chi connectivity index (χ1v) is 10.1. The van der Waals surface area contributed by atoms with Crippen molar-refractivity contribution in [2.45, 2.75) is 6.54 Å². The third-order valence-electron chi connectivity index (χ3n) is 4.01. The third-order valence-corrected chi connectivity index (χ3v) is 5.99. The average molecular weight is 498 g/mol. The topological polar surface area (TPSA) is 62.1 Å². The molecule has 6 nitrogen and oxygen atoms in total. The van der Waals surface area contributed by atoms with Crippen LogP contribution in [0.15, 0.2) is 41.4 Å². The highest BCUT2D eigenvalue weighted by atomic mass is 127. The molecule has 27 heavy (non-hydrogen) atoms. The van der Waals surface area contributed by atoms with E-state index in [0.717, 1.165) is 13.8 Å². The molecule has 0 N–H and O–H groups in total. The summed E-state index contributed by atoms with van der Waals surface area (Å²) in [5.41, 5.74) is 1.51. The summed E-state index contributed by atoms with van der Waals surface area (Å²) in [6, 6.07) is 11.2. The predicted octanol–water partition coefficient (Wildman–Crippen LogP) is 3.71. The van der Waals surface area contributed by atoms with Crippen LogP contribution in [0, 0.1) is 3.57 Å². The van der Waals surface area contributed by atoms with E-state index in [1.165, 1.54) is 11.3 Å². The van der Waals surface area contributed by atoms with Gasteiger partial charge in [0, 0.05) is 29.4 Å². The number of halogens is 1. The first-order valence-electron chi connectivity index (χ1n) is 8.17. The molecule has 0 fully saturated rings. The normalized spacial score (nSPS) is 11.8. The Hall–Kier alpha value is -1.91. The van der Waals surface area contributed by atoms with Crippen LogP contribution in [0.5, 0.6) is 11.5 Å². The molecule has 0 saturated carbocycles. The highest BCUT2D eigenvalue weighted by Crippen LogP contribution is 2.33. The van der Waals surface area contributed by atoms with E-state index < -0.39 is 0 Å². The highest BCUT2D eigenvalue weighted by molar-refractivity contribution is 14.1. The van der Waals surface area contributed by atoms with Crippen molar-refractivity contribution in [3.05, 3.63) is 50.3 Å². The van der Waals surface area contributed by atoms with Gasteiger partial charge in [-0.3, -0.25) is 4.79 Å². The molecule has 2 aromatic carbocycles. The van der Waals surface area contributed by atoms with Crippen molar-refractivity contribution in [1.29, 1.82) is 0 Å². The van der Waals surface area contributed by atoms with Crippen LogP contribution in [0.1, 0.15) is 10.4 Å². The summed E-state index contributed by atoms with van der Waals surface area (Å²) in [5.74, 6) is 1.00. The lowest BCUT2D eigenvalue weighted by Gasteiger charge is -2.09. The van der Waals surface area contributed by atoms with Crippen molar-refractivity contribution in [2.75, 3.05) is 27.9 Å². The van der Waals surface area contributed by atoms with Crippen LogP contribution in [0.4, 0.5) is 0 Å². The van der Waals surface area contributed by atoms with Gasteiger partial charge in [0.2, 0.25) is 0 Å². The van der Waals surface area contributed by atoms with Crippen LogP contribution in [-0.4, -0.2) is 38.4 Å². The quantitative estimate of drug-likeness (QED) is 0.487. The summed E-state index contributed by atoms with van der Waals surface area (Å²) in [6.45, 7) is 1.08. The number of aromatic nitrogens is 1. The van der Waals surface area contributed by atoms with Gasteiger partial charge in [-0.05, 0) is 34.7 Å². The number of methoxy groups -OCH3 is 3. The van der Waals surface area contributed by atoms with Gasteiger partial charge in [-0.1, -0.05) is 23.5 Å². The number of hydrogen-bond acceptors (Lipinski definition) is 5. The molecule has 3 aromatic rings. The molecule has 3 rings (SSSR count). The molecule has 142 valence electrons. The lowest BCUT2D eigenvalue weighted by Crippen LogP contribution is -2.19. The van der Waals surface area contributed by atoms with E-state index in [1.54, 1.807) is 27.4 Å². The van der Waals surface area contributed by atoms with Crippen LogP contribution in [0.3, 0.4) is 0 Å². The van der Waals surface area contributed by atoms with Gasteiger partial charge in [-0.25, -0.2) is 0 Å². The number of hydrogen-bond donors (Lipinski definition) is 0. The van der Waals surface area contributed by atoms with Gasteiger partial charge < -0.3 is 18.8 Å². The SMILES string of the molecule is COCCn1c(=NC(=O)c2ccccc2I)sc2cc(OC)c(OC)cc21. The fourth-order valence-corrected chi connectivity index (χ4v) is 4.35. The molecule has 0 unspecified atom stereocenters. The number of fused-ring (bicyclic) bond motifs is 1. The molecule has 1 heterocycles. The van der Waals surface area contributed by atoms with Gasteiger partial charge in [0.25, 0.3) is 5.91 Å². The van der Waals surface area contributed by atoms with Crippen LogP contribution in [-0.2, 0) is 11.3 Å². The van der Waals surface area contributed by atoms with Crippen LogP contribution in [0.2, 0.25) is 0 Å². The summed E-state index contributed by atoms with van der Waals surface area (Å²) >= 11 is 3.58. The maximum atomic E-state index is 12.7. The Labute approximate surface area is 174 Å². The van der Waals surface area contributed by atoms with Gasteiger partial charge in [-0.2, -0.15) is 4.99 Å². The lowest BCUT2D eigenvalue weighted by atomic mass is 10.2. The minimum absolute atomic E-state index is 0.267. The number of thiazole rings is 1. The minimum atomic E-state index is -0.267. The van der Waals surface area contributed by atoms with Gasteiger partial charge in [-0.15, -0.1) is 0 Å². The Balaban J connectivity index is 2.18. The first kappa shape index (κ1) is 19.8. The Bertz CT molecular complexity index is 1040. The zero-order chi connectivity index (χ0) is 19.4. The molecule has 1 amide bonds. The number of rotatable bonds is 6. The number of carbonyl (C=O) groups excluding carboxylic acids is 1. The van der Waals surface area contributed by atoms with Crippen molar-refractivity contribution in [1.82, 2.24) is 4.57 Å². The van der Waals surface area contributed by atoms with Gasteiger partial charge in [0.15, 0.2) is 16.3 Å². The molecule has 1 aromatic heterocycles. The molecule has 0 bridgehead atoms. The average Bonchev–Trinajstić information content (AvgIpc) is 3.01. The van der Waals surface area contributed by atoms with E-state index in [-0.39, 0.29) is 5.91 Å². The number of amides is 1. The maximum absolute atomic E-state index is 12.7. The lowest BCUT2D eigenvalue weighted by molar-refractivity contribution is 0.0996. The Kier molecular flexibility index (Phi) is 6.51. The summed E-state index contributed by atoms with van der Waals surface area (Å²) in [7, 11) is 4.84. The second-order valence-electron chi connectivity index (χ2n) is 5.60. The monoisotopic (exact) mass is 498 g/mol. The Morgan fingerprint density at radius 2 is 1.85 bits per heavy atom. The van der Waals surface area contributed by atoms with Crippen molar-refractivity contribution in [3.63, 3.8) is 0 Å². The van der Waals surface area contributed by atoms with E-state index in [1.807, 2.05) is 34.9 Å². The third kappa shape index (κ3) is 4.17. The molecule has 0 aliphatic rings. The van der Waals surface area contributed by atoms with Gasteiger partial charge in [0.1, 0.15) is 0 Å². The molecule has 0 spiro atoms. The first-order chi connectivity index (χ1) is 13.1. The van der Waals surface area contributed by atoms with E-state index in [4.69, 9.17) is 14.2 Å². The largest absolute Gasteiger partial charge is 0.493 e. The van der Waals surface area contributed by atoms with Crippen LogP contribution in [0.25, 0.3) is 10.2 Å². The molecule has 0 radical (unpaired) electrons. The fraction of sp³-hybridized carbons (Fsp3) is 0.263. The molecule has 0 aliphatic carbocycles. The van der Waals surface area contributed by atoms with Crippen LogP contribution >= 0.6 is 33.9 Å². The van der Waals surface area contributed by atoms with E-state index >= 15 is 0 Å². The fourth-order valence-electron chi connectivity index (χ4n) is 2.66. The summed E-state index contributed by atoms with van der Waals surface area (Å²) in [4.78, 5) is 17.7. The number of benzene rings is 2. The van der Waals surface area contributed by atoms with Gasteiger partial charge >= 0.3 is 0 Å².